The quantitative estimate of drug-likeness (QED) is 0.638. The van der Waals surface area contributed by atoms with Gasteiger partial charge in [0.15, 0.2) is 5.16 Å². The molecule has 1 fully saturated rings. The van der Waals surface area contributed by atoms with Crippen LogP contribution in [0.25, 0.3) is 0 Å². The molecule has 1 aromatic carbocycles. The highest BCUT2D eigenvalue weighted by molar-refractivity contribution is 7.98. The van der Waals surface area contributed by atoms with Gasteiger partial charge in [-0.3, -0.25) is 4.79 Å². The van der Waals surface area contributed by atoms with E-state index in [2.05, 4.69) is 4.98 Å². The van der Waals surface area contributed by atoms with Gasteiger partial charge in [0, 0.05) is 34.6 Å². The van der Waals surface area contributed by atoms with E-state index >= 15 is 0 Å². The number of hydrogen-bond donors (Lipinski definition) is 0. The highest BCUT2D eigenvalue weighted by Crippen LogP contribution is 2.38. The summed E-state index contributed by atoms with van der Waals surface area (Å²) in [6.45, 7) is 0. The van der Waals surface area contributed by atoms with E-state index in [9.17, 15) is 9.18 Å². The van der Waals surface area contributed by atoms with Crippen molar-refractivity contribution in [2.75, 3.05) is 0 Å². The summed E-state index contributed by atoms with van der Waals surface area (Å²) in [6, 6.07) is 6.49. The van der Waals surface area contributed by atoms with Crippen LogP contribution >= 0.6 is 23.4 Å². The average Bonchev–Trinajstić information content (AvgIpc) is 3.23. The summed E-state index contributed by atoms with van der Waals surface area (Å²) in [5, 5.41) is 1.02. The molecule has 20 heavy (non-hydrogen) atoms. The van der Waals surface area contributed by atoms with Crippen LogP contribution in [0.2, 0.25) is 5.02 Å². The Hall–Kier alpha value is -1.33. The predicted octanol–water partition coefficient (Wildman–Crippen LogP) is 3.66. The van der Waals surface area contributed by atoms with Gasteiger partial charge >= 0.3 is 0 Å². The lowest BCUT2D eigenvalue weighted by molar-refractivity contribution is 0.614. The molecule has 3 nitrogen and oxygen atoms in total. The third-order valence-corrected chi connectivity index (χ3v) is 4.50. The minimum absolute atomic E-state index is 0.274. The van der Waals surface area contributed by atoms with Crippen LogP contribution in [0.1, 0.15) is 24.4 Å². The maximum absolute atomic E-state index is 13.7. The molecule has 0 radical (unpaired) electrons. The topological polar surface area (TPSA) is 34.9 Å². The Balaban J connectivity index is 1.85. The lowest BCUT2D eigenvalue weighted by Gasteiger charge is -2.11. The molecule has 1 aliphatic carbocycles. The van der Waals surface area contributed by atoms with Crippen LogP contribution in [0.4, 0.5) is 4.39 Å². The van der Waals surface area contributed by atoms with Crippen molar-refractivity contribution >= 4 is 23.4 Å². The molecule has 104 valence electrons. The Morgan fingerprint density at radius 2 is 2.20 bits per heavy atom. The van der Waals surface area contributed by atoms with E-state index in [0.29, 0.717) is 27.5 Å². The second kappa shape index (κ2) is 5.58. The first-order valence-electron chi connectivity index (χ1n) is 6.30. The van der Waals surface area contributed by atoms with Crippen LogP contribution in [-0.4, -0.2) is 9.55 Å². The van der Waals surface area contributed by atoms with Gasteiger partial charge in [0.1, 0.15) is 5.82 Å². The summed E-state index contributed by atoms with van der Waals surface area (Å²) in [6.07, 6.45) is 3.95. The zero-order chi connectivity index (χ0) is 14.1. The van der Waals surface area contributed by atoms with Gasteiger partial charge in [0.2, 0.25) is 0 Å². The Labute approximate surface area is 124 Å². The molecule has 0 spiro atoms. The molecule has 0 amide bonds. The van der Waals surface area contributed by atoms with Gasteiger partial charge in [0.05, 0.1) is 0 Å². The summed E-state index contributed by atoms with van der Waals surface area (Å²) >= 11 is 7.34. The van der Waals surface area contributed by atoms with Gasteiger partial charge in [-0.2, -0.15) is 4.98 Å². The van der Waals surface area contributed by atoms with Gasteiger partial charge < -0.3 is 4.57 Å². The summed E-state index contributed by atoms with van der Waals surface area (Å²) in [5.41, 5.74) is 0.170. The average molecular weight is 311 g/mol. The van der Waals surface area contributed by atoms with Crippen LogP contribution in [0, 0.1) is 5.82 Å². The van der Waals surface area contributed by atoms with Crippen molar-refractivity contribution in [3.8, 4) is 0 Å². The maximum atomic E-state index is 13.7. The molecule has 1 saturated carbocycles. The van der Waals surface area contributed by atoms with Gasteiger partial charge in [-0.05, 0) is 25.0 Å². The lowest BCUT2D eigenvalue weighted by atomic mass is 10.2. The minimum Gasteiger partial charge on any atom is -0.324 e. The zero-order valence-electron chi connectivity index (χ0n) is 10.6. The molecule has 3 rings (SSSR count). The Bertz CT molecular complexity index is 680. The van der Waals surface area contributed by atoms with E-state index in [-0.39, 0.29) is 11.4 Å². The third kappa shape index (κ3) is 2.88. The monoisotopic (exact) mass is 310 g/mol. The lowest BCUT2D eigenvalue weighted by Crippen LogP contribution is -2.12. The predicted molar refractivity (Wildman–Crippen MR) is 77.7 cm³/mol. The van der Waals surface area contributed by atoms with Crippen LogP contribution in [0.5, 0.6) is 0 Å². The summed E-state index contributed by atoms with van der Waals surface area (Å²) in [7, 11) is 0. The first kappa shape index (κ1) is 13.6. The number of nitrogens with zero attached hydrogens (tertiary/aromatic N) is 2. The molecule has 1 aromatic heterocycles. The molecule has 0 bridgehead atoms. The summed E-state index contributed by atoms with van der Waals surface area (Å²) in [5.74, 6) is 0.0237. The van der Waals surface area contributed by atoms with E-state index in [1.807, 2.05) is 4.57 Å². The van der Waals surface area contributed by atoms with E-state index in [1.165, 1.54) is 23.9 Å². The highest BCUT2D eigenvalue weighted by Gasteiger charge is 2.25. The molecular formula is C14H12ClFN2OS. The van der Waals surface area contributed by atoms with E-state index in [1.54, 1.807) is 18.3 Å². The molecule has 0 aliphatic heterocycles. The van der Waals surface area contributed by atoms with Gasteiger partial charge in [-0.25, -0.2) is 4.39 Å². The molecule has 0 N–H and O–H groups in total. The van der Waals surface area contributed by atoms with Crippen LogP contribution in [0.3, 0.4) is 0 Å². The van der Waals surface area contributed by atoms with Crippen molar-refractivity contribution in [3.63, 3.8) is 0 Å². The van der Waals surface area contributed by atoms with Crippen molar-refractivity contribution in [1.82, 2.24) is 9.55 Å². The molecule has 0 atom stereocenters. The minimum atomic E-state index is -0.332. The fraction of sp³-hybridized carbons (Fsp3) is 0.286. The Morgan fingerprint density at radius 1 is 1.40 bits per heavy atom. The number of hydrogen-bond acceptors (Lipinski definition) is 3. The van der Waals surface area contributed by atoms with Crippen LogP contribution in [0.15, 0.2) is 40.4 Å². The SMILES string of the molecule is O=c1ccn(C2CC2)c(SCc2c(F)cccc2Cl)n1. The normalized spacial score (nSPS) is 14.5. The number of thioether (sulfide) groups is 1. The smallest absolute Gasteiger partial charge is 0.273 e. The second-order valence-corrected chi connectivity index (χ2v) is 6.03. The first-order chi connectivity index (χ1) is 9.65. The fourth-order valence-electron chi connectivity index (χ4n) is 1.94. The fourth-order valence-corrected chi connectivity index (χ4v) is 3.33. The number of aromatic nitrogens is 2. The van der Waals surface area contributed by atoms with Crippen LogP contribution < -0.4 is 5.56 Å². The van der Waals surface area contributed by atoms with Crippen LogP contribution in [-0.2, 0) is 5.75 Å². The molecule has 1 heterocycles. The Morgan fingerprint density at radius 3 is 2.90 bits per heavy atom. The zero-order valence-corrected chi connectivity index (χ0v) is 12.1. The highest BCUT2D eigenvalue weighted by atomic mass is 35.5. The Kier molecular flexibility index (Phi) is 3.81. The van der Waals surface area contributed by atoms with E-state index < -0.39 is 0 Å². The second-order valence-electron chi connectivity index (χ2n) is 4.68. The maximum Gasteiger partial charge on any atom is 0.273 e. The van der Waals surface area contributed by atoms with Crippen molar-refractivity contribution in [2.24, 2.45) is 0 Å². The molecule has 0 unspecified atom stereocenters. The number of rotatable bonds is 4. The molecule has 6 heteroatoms. The van der Waals surface area contributed by atoms with Gasteiger partial charge in [0.25, 0.3) is 5.56 Å². The number of benzene rings is 1. The summed E-state index contributed by atoms with van der Waals surface area (Å²) in [4.78, 5) is 15.4. The van der Waals surface area contributed by atoms with Gasteiger partial charge in [-0.1, -0.05) is 29.4 Å². The molecular weight excluding hydrogens is 299 g/mol. The van der Waals surface area contributed by atoms with Crippen molar-refractivity contribution in [2.45, 2.75) is 29.8 Å². The third-order valence-electron chi connectivity index (χ3n) is 3.15. The van der Waals surface area contributed by atoms with Gasteiger partial charge in [-0.15, -0.1) is 0 Å². The van der Waals surface area contributed by atoms with E-state index in [0.717, 1.165) is 12.8 Å². The number of halogens is 2. The largest absolute Gasteiger partial charge is 0.324 e. The van der Waals surface area contributed by atoms with Crippen molar-refractivity contribution < 1.29 is 4.39 Å². The standard InChI is InChI=1S/C14H12ClFN2OS/c15-11-2-1-3-12(16)10(11)8-20-14-17-13(19)6-7-18(14)9-4-5-9/h1-3,6-7,9H,4-5,8H2. The van der Waals surface area contributed by atoms with E-state index in [4.69, 9.17) is 11.6 Å². The molecule has 0 saturated heterocycles. The molecule has 2 aromatic rings. The molecule has 1 aliphatic rings. The first-order valence-corrected chi connectivity index (χ1v) is 7.66. The van der Waals surface area contributed by atoms with Crippen molar-refractivity contribution in [1.29, 1.82) is 0 Å². The van der Waals surface area contributed by atoms with Crippen molar-refractivity contribution in [3.05, 3.63) is 57.2 Å². The summed E-state index contributed by atoms with van der Waals surface area (Å²) < 4.78 is 15.7.